The molecule has 0 bridgehead atoms. The van der Waals surface area contributed by atoms with Crippen LogP contribution >= 0.6 is 11.3 Å². The van der Waals surface area contributed by atoms with Gasteiger partial charge in [0.2, 0.25) is 0 Å². The van der Waals surface area contributed by atoms with E-state index in [0.717, 1.165) is 49.6 Å². The van der Waals surface area contributed by atoms with Crippen molar-refractivity contribution in [1.82, 2.24) is 20.3 Å². The Morgan fingerprint density at radius 2 is 2.23 bits per heavy atom. The second-order valence-electron chi connectivity index (χ2n) is 6.24. The van der Waals surface area contributed by atoms with E-state index >= 15 is 0 Å². The van der Waals surface area contributed by atoms with Crippen LogP contribution in [0.4, 0.5) is 0 Å². The Bertz CT molecular complexity index is 653. The minimum absolute atomic E-state index is 0.0761. The van der Waals surface area contributed by atoms with Crippen LogP contribution in [0.25, 0.3) is 10.7 Å². The number of thiazole rings is 1. The highest BCUT2D eigenvalue weighted by Gasteiger charge is 2.41. The number of rotatable bonds is 3. The number of ether oxygens (including phenoxy) is 1. The average Bonchev–Trinajstić information content (AvgIpc) is 3.17. The molecular formula is C15H18N4O2S. The molecule has 1 saturated heterocycles. The normalized spacial score (nSPS) is 20.7. The van der Waals surface area contributed by atoms with Gasteiger partial charge in [-0.2, -0.15) is 0 Å². The molecule has 1 aliphatic heterocycles. The lowest BCUT2D eigenvalue weighted by atomic mass is 9.71. The Kier molecular flexibility index (Phi) is 3.46. The van der Waals surface area contributed by atoms with E-state index < -0.39 is 0 Å². The molecule has 0 radical (unpaired) electrons. The minimum atomic E-state index is -0.0761. The number of nitrogens with zero attached hydrogens (tertiary/aromatic N) is 2. The second kappa shape index (κ2) is 5.48. The number of carbonyl (C=O) groups is 1. The predicted molar refractivity (Wildman–Crippen MR) is 82.7 cm³/mol. The molecule has 2 N–H and O–H groups in total. The molecule has 0 atom stereocenters. The molecule has 1 amide bonds. The van der Waals surface area contributed by atoms with E-state index in [0.29, 0.717) is 11.1 Å². The van der Waals surface area contributed by atoms with E-state index in [1.165, 1.54) is 11.3 Å². The molecule has 2 aliphatic rings. The van der Waals surface area contributed by atoms with Gasteiger partial charge in [-0.1, -0.05) is 0 Å². The van der Waals surface area contributed by atoms with Crippen LogP contribution in [0, 0.1) is 5.41 Å². The number of imidazole rings is 1. The van der Waals surface area contributed by atoms with E-state index in [9.17, 15) is 4.79 Å². The fraction of sp³-hybridized carbons (Fsp3) is 0.533. The first-order valence-corrected chi connectivity index (χ1v) is 8.45. The minimum Gasteiger partial charge on any atom is -0.380 e. The highest BCUT2D eigenvalue weighted by molar-refractivity contribution is 7.13. The first-order chi connectivity index (χ1) is 10.7. The molecule has 0 aromatic carbocycles. The molecule has 4 rings (SSSR count). The van der Waals surface area contributed by atoms with Crippen LogP contribution in [0.1, 0.15) is 36.2 Å². The Morgan fingerprint density at radius 1 is 1.41 bits per heavy atom. The summed E-state index contributed by atoms with van der Waals surface area (Å²) in [6.45, 7) is 1.79. The molecular weight excluding hydrogens is 300 g/mol. The summed E-state index contributed by atoms with van der Waals surface area (Å²) in [5, 5.41) is 5.71. The molecule has 1 spiro atoms. The van der Waals surface area contributed by atoms with Crippen molar-refractivity contribution in [2.24, 2.45) is 5.41 Å². The second-order valence-corrected chi connectivity index (χ2v) is 7.10. The summed E-state index contributed by atoms with van der Waals surface area (Å²) in [7, 11) is 0. The molecule has 2 fully saturated rings. The van der Waals surface area contributed by atoms with Crippen LogP contribution < -0.4 is 5.32 Å². The summed E-state index contributed by atoms with van der Waals surface area (Å²) >= 11 is 1.45. The Hall–Kier alpha value is -1.73. The summed E-state index contributed by atoms with van der Waals surface area (Å²) in [6.07, 6.45) is 7.68. The predicted octanol–water partition coefficient (Wildman–Crippen LogP) is 2.22. The molecule has 7 heteroatoms. The van der Waals surface area contributed by atoms with Crippen LogP contribution in [0.3, 0.4) is 0 Å². The summed E-state index contributed by atoms with van der Waals surface area (Å²) < 4.78 is 5.34. The molecule has 116 valence electrons. The zero-order chi connectivity index (χ0) is 15.0. The zero-order valence-corrected chi connectivity index (χ0v) is 13.0. The van der Waals surface area contributed by atoms with E-state index in [2.05, 4.69) is 20.3 Å². The lowest BCUT2D eigenvalue weighted by Gasteiger charge is -2.46. The van der Waals surface area contributed by atoms with Crippen molar-refractivity contribution in [3.63, 3.8) is 0 Å². The molecule has 22 heavy (non-hydrogen) atoms. The molecule has 2 aromatic heterocycles. The highest BCUT2D eigenvalue weighted by atomic mass is 32.1. The number of aromatic amines is 1. The number of amides is 1. The van der Waals surface area contributed by atoms with Gasteiger partial charge < -0.3 is 15.0 Å². The Labute approximate surface area is 132 Å². The van der Waals surface area contributed by atoms with Crippen molar-refractivity contribution in [2.75, 3.05) is 13.2 Å². The fourth-order valence-corrected chi connectivity index (χ4v) is 3.96. The molecule has 1 aliphatic carbocycles. The van der Waals surface area contributed by atoms with Gasteiger partial charge >= 0.3 is 0 Å². The summed E-state index contributed by atoms with van der Waals surface area (Å²) in [5.41, 5.74) is 1.74. The third-order valence-electron chi connectivity index (χ3n) is 4.66. The topological polar surface area (TPSA) is 79.9 Å². The van der Waals surface area contributed by atoms with E-state index in [-0.39, 0.29) is 11.9 Å². The van der Waals surface area contributed by atoms with Gasteiger partial charge in [-0.3, -0.25) is 4.79 Å². The van der Waals surface area contributed by atoms with Gasteiger partial charge in [0.25, 0.3) is 5.91 Å². The van der Waals surface area contributed by atoms with Crippen LogP contribution in [-0.4, -0.2) is 40.1 Å². The van der Waals surface area contributed by atoms with E-state index in [4.69, 9.17) is 4.74 Å². The van der Waals surface area contributed by atoms with Crippen molar-refractivity contribution in [2.45, 2.75) is 31.7 Å². The quantitative estimate of drug-likeness (QED) is 0.909. The summed E-state index contributed by atoms with van der Waals surface area (Å²) in [4.78, 5) is 23.7. The van der Waals surface area contributed by atoms with Crippen LogP contribution in [0.15, 0.2) is 17.9 Å². The van der Waals surface area contributed by atoms with Crippen molar-refractivity contribution in [3.8, 4) is 10.7 Å². The smallest absolute Gasteiger partial charge is 0.270 e. The SMILES string of the molecule is O=C(NC1CCC2(CC1)COC2)c1csc(-c2cnc[nH]2)n1. The number of nitrogens with one attached hydrogen (secondary N) is 2. The number of hydrogen-bond acceptors (Lipinski definition) is 5. The molecule has 3 heterocycles. The average molecular weight is 318 g/mol. The first kappa shape index (κ1) is 13.9. The largest absolute Gasteiger partial charge is 0.380 e. The molecule has 1 saturated carbocycles. The van der Waals surface area contributed by atoms with Crippen molar-refractivity contribution < 1.29 is 9.53 Å². The van der Waals surface area contributed by atoms with Gasteiger partial charge in [0, 0.05) is 16.8 Å². The zero-order valence-electron chi connectivity index (χ0n) is 12.2. The number of hydrogen-bond donors (Lipinski definition) is 2. The van der Waals surface area contributed by atoms with Crippen molar-refractivity contribution >= 4 is 17.2 Å². The van der Waals surface area contributed by atoms with E-state index in [1.807, 2.05) is 0 Å². The Balaban J connectivity index is 1.36. The number of aromatic nitrogens is 3. The monoisotopic (exact) mass is 318 g/mol. The van der Waals surface area contributed by atoms with E-state index in [1.54, 1.807) is 17.9 Å². The molecule has 0 unspecified atom stereocenters. The van der Waals surface area contributed by atoms with Gasteiger partial charge in [0.15, 0.2) is 0 Å². The van der Waals surface area contributed by atoms with Gasteiger partial charge in [0.1, 0.15) is 10.7 Å². The highest BCUT2D eigenvalue weighted by Crippen LogP contribution is 2.42. The third-order valence-corrected chi connectivity index (χ3v) is 5.54. The first-order valence-electron chi connectivity index (χ1n) is 7.57. The van der Waals surface area contributed by atoms with Crippen LogP contribution in [0.2, 0.25) is 0 Å². The summed E-state index contributed by atoms with van der Waals surface area (Å²) in [6, 6.07) is 0.260. The maximum Gasteiger partial charge on any atom is 0.270 e. The standard InChI is InChI=1S/C15H18N4O2S/c20-13(12-6-22-14(19-12)11-5-16-9-17-11)18-10-1-3-15(4-2-10)7-21-8-15/h5-6,9-10H,1-4,7-8H2,(H,16,17)(H,18,20). The molecule has 6 nitrogen and oxygen atoms in total. The Morgan fingerprint density at radius 3 is 2.86 bits per heavy atom. The van der Waals surface area contributed by atoms with Crippen molar-refractivity contribution in [1.29, 1.82) is 0 Å². The third kappa shape index (κ3) is 2.55. The maximum absolute atomic E-state index is 12.3. The van der Waals surface area contributed by atoms with Gasteiger partial charge in [-0.25, -0.2) is 9.97 Å². The maximum atomic E-state index is 12.3. The lowest BCUT2D eigenvalue weighted by molar-refractivity contribution is -0.133. The number of carbonyl (C=O) groups excluding carboxylic acids is 1. The van der Waals surface area contributed by atoms with Crippen molar-refractivity contribution in [3.05, 3.63) is 23.6 Å². The lowest BCUT2D eigenvalue weighted by Crippen LogP contribution is -2.49. The number of H-pyrrole nitrogens is 1. The molecule has 2 aromatic rings. The van der Waals surface area contributed by atoms with Gasteiger partial charge in [0.05, 0.1) is 31.4 Å². The van der Waals surface area contributed by atoms with Gasteiger partial charge in [-0.15, -0.1) is 11.3 Å². The fourth-order valence-electron chi connectivity index (χ4n) is 3.19. The van der Waals surface area contributed by atoms with Gasteiger partial charge in [-0.05, 0) is 25.7 Å². The van der Waals surface area contributed by atoms with Crippen LogP contribution in [0.5, 0.6) is 0 Å². The summed E-state index contributed by atoms with van der Waals surface area (Å²) in [5.74, 6) is -0.0761. The van der Waals surface area contributed by atoms with Crippen LogP contribution in [-0.2, 0) is 4.74 Å².